The Morgan fingerprint density at radius 1 is 0.905 bits per heavy atom. The molecule has 0 aliphatic rings. The van der Waals surface area contributed by atoms with Gasteiger partial charge in [-0.25, -0.2) is 0 Å². The Bertz CT molecular complexity index is 615. The Morgan fingerprint density at radius 3 is 2.10 bits per heavy atom. The van der Waals surface area contributed by atoms with Crippen molar-refractivity contribution < 1.29 is 14.3 Å². The van der Waals surface area contributed by atoms with E-state index in [0.29, 0.717) is 17.9 Å². The maximum atomic E-state index is 12.3. The molecule has 0 aliphatic carbocycles. The van der Waals surface area contributed by atoms with E-state index in [1.54, 1.807) is 14.2 Å². The topological polar surface area (TPSA) is 35.5 Å². The minimum absolute atomic E-state index is 0.102. The van der Waals surface area contributed by atoms with Crippen LogP contribution in [0, 0.1) is 0 Å². The van der Waals surface area contributed by atoms with Gasteiger partial charge in [-0.3, -0.25) is 4.79 Å². The number of hydrogen-bond acceptors (Lipinski definition) is 3. The second-order valence-electron chi connectivity index (χ2n) is 4.84. The van der Waals surface area contributed by atoms with E-state index in [1.807, 2.05) is 42.5 Å². The van der Waals surface area contributed by atoms with Crippen molar-refractivity contribution in [2.24, 2.45) is 0 Å². The van der Waals surface area contributed by atoms with Gasteiger partial charge >= 0.3 is 0 Å². The lowest BCUT2D eigenvalue weighted by Gasteiger charge is -2.09. The smallest absolute Gasteiger partial charge is 0.167 e. The molecule has 2 rings (SSSR count). The largest absolute Gasteiger partial charge is 0.493 e. The molecule has 110 valence electrons. The fourth-order valence-electron chi connectivity index (χ4n) is 2.20. The van der Waals surface area contributed by atoms with Crippen molar-refractivity contribution >= 4 is 5.78 Å². The predicted octanol–water partition coefficient (Wildman–Crippen LogP) is 3.69. The fourth-order valence-corrected chi connectivity index (χ4v) is 2.20. The average Bonchev–Trinajstić information content (AvgIpc) is 2.54. The molecular weight excluding hydrogens is 264 g/mol. The van der Waals surface area contributed by atoms with Crippen LogP contribution >= 0.6 is 0 Å². The van der Waals surface area contributed by atoms with Crippen molar-refractivity contribution in [3.05, 3.63) is 59.2 Å². The first-order chi connectivity index (χ1) is 10.2. The second-order valence-corrected chi connectivity index (χ2v) is 4.84. The minimum atomic E-state index is 0.102. The van der Waals surface area contributed by atoms with E-state index in [0.717, 1.165) is 17.5 Å². The monoisotopic (exact) mass is 284 g/mol. The summed E-state index contributed by atoms with van der Waals surface area (Å²) >= 11 is 0. The number of ketones is 1. The number of benzene rings is 2. The summed E-state index contributed by atoms with van der Waals surface area (Å²) in [5.74, 6) is 1.41. The highest BCUT2D eigenvalue weighted by molar-refractivity contribution is 5.97. The Balaban J connectivity index is 2.14. The summed E-state index contributed by atoms with van der Waals surface area (Å²) in [7, 11) is 3.19. The van der Waals surface area contributed by atoms with Gasteiger partial charge in [0.2, 0.25) is 0 Å². The molecule has 0 aromatic heterocycles. The maximum absolute atomic E-state index is 12.3. The van der Waals surface area contributed by atoms with Gasteiger partial charge in [0, 0.05) is 12.0 Å². The molecule has 0 spiro atoms. The van der Waals surface area contributed by atoms with Crippen LogP contribution in [0.2, 0.25) is 0 Å². The summed E-state index contributed by atoms with van der Waals surface area (Å²) in [5.41, 5.74) is 2.89. The second kappa shape index (κ2) is 6.93. The molecule has 0 radical (unpaired) electrons. The van der Waals surface area contributed by atoms with Gasteiger partial charge in [0.1, 0.15) is 0 Å². The Kier molecular flexibility index (Phi) is 4.99. The highest BCUT2D eigenvalue weighted by Crippen LogP contribution is 2.28. The van der Waals surface area contributed by atoms with Gasteiger partial charge in [-0.1, -0.05) is 37.3 Å². The lowest BCUT2D eigenvalue weighted by atomic mass is 10.0. The molecule has 0 saturated carbocycles. The molecule has 0 atom stereocenters. The standard InChI is InChI=1S/C18H20O3/c1-4-13-5-8-15(9-6-13)16(19)11-14-7-10-17(20-2)18(12-14)21-3/h5-10,12H,4,11H2,1-3H3. The van der Waals surface area contributed by atoms with Gasteiger partial charge in [-0.05, 0) is 29.7 Å². The molecule has 0 unspecified atom stereocenters. The summed E-state index contributed by atoms with van der Waals surface area (Å²) in [4.78, 5) is 12.3. The van der Waals surface area contributed by atoms with E-state index < -0.39 is 0 Å². The fraction of sp³-hybridized carbons (Fsp3) is 0.278. The van der Waals surface area contributed by atoms with E-state index in [9.17, 15) is 4.79 Å². The number of Topliss-reactive ketones (excluding diaryl/α,β-unsaturated/α-hetero) is 1. The zero-order valence-corrected chi connectivity index (χ0v) is 12.7. The normalized spacial score (nSPS) is 10.2. The summed E-state index contributed by atoms with van der Waals surface area (Å²) in [6.45, 7) is 2.10. The summed E-state index contributed by atoms with van der Waals surface area (Å²) in [5, 5.41) is 0. The van der Waals surface area contributed by atoms with E-state index in [4.69, 9.17) is 9.47 Å². The number of carbonyl (C=O) groups is 1. The Morgan fingerprint density at radius 2 is 1.52 bits per heavy atom. The minimum Gasteiger partial charge on any atom is -0.493 e. The number of aryl methyl sites for hydroxylation is 1. The van der Waals surface area contributed by atoms with Crippen LogP contribution in [-0.2, 0) is 12.8 Å². The molecule has 0 aliphatic heterocycles. The van der Waals surface area contributed by atoms with E-state index in [-0.39, 0.29) is 5.78 Å². The summed E-state index contributed by atoms with van der Waals surface area (Å²) < 4.78 is 10.5. The Labute approximate surface area is 125 Å². The number of methoxy groups -OCH3 is 2. The van der Waals surface area contributed by atoms with Crippen molar-refractivity contribution in [3.8, 4) is 11.5 Å². The number of carbonyl (C=O) groups excluding carboxylic acids is 1. The summed E-state index contributed by atoms with van der Waals surface area (Å²) in [6.07, 6.45) is 1.33. The van der Waals surface area contributed by atoms with Crippen LogP contribution in [-0.4, -0.2) is 20.0 Å². The number of rotatable bonds is 6. The first-order valence-electron chi connectivity index (χ1n) is 7.01. The lowest BCUT2D eigenvalue weighted by Crippen LogP contribution is -2.04. The molecule has 0 bridgehead atoms. The van der Waals surface area contributed by atoms with Gasteiger partial charge in [0.15, 0.2) is 17.3 Å². The molecular formula is C18H20O3. The third kappa shape index (κ3) is 3.63. The van der Waals surface area contributed by atoms with Gasteiger partial charge in [0.05, 0.1) is 14.2 Å². The van der Waals surface area contributed by atoms with Crippen LogP contribution in [0.4, 0.5) is 0 Å². The van der Waals surface area contributed by atoms with Crippen molar-refractivity contribution in [2.45, 2.75) is 19.8 Å². The van der Waals surface area contributed by atoms with Gasteiger partial charge in [-0.15, -0.1) is 0 Å². The van der Waals surface area contributed by atoms with Crippen molar-refractivity contribution in [1.29, 1.82) is 0 Å². The van der Waals surface area contributed by atoms with Crippen LogP contribution in [0.3, 0.4) is 0 Å². The third-order valence-electron chi connectivity index (χ3n) is 3.50. The van der Waals surface area contributed by atoms with Crippen molar-refractivity contribution in [1.82, 2.24) is 0 Å². The molecule has 2 aromatic rings. The highest BCUT2D eigenvalue weighted by atomic mass is 16.5. The first-order valence-corrected chi connectivity index (χ1v) is 7.01. The summed E-state index contributed by atoms with van der Waals surface area (Å²) in [6, 6.07) is 13.3. The number of ether oxygens (including phenoxy) is 2. The van der Waals surface area contributed by atoms with Crippen molar-refractivity contribution in [3.63, 3.8) is 0 Å². The average molecular weight is 284 g/mol. The molecule has 3 heteroatoms. The van der Waals surface area contributed by atoms with Crippen LogP contribution < -0.4 is 9.47 Å². The van der Waals surface area contributed by atoms with Crippen LogP contribution in [0.25, 0.3) is 0 Å². The zero-order chi connectivity index (χ0) is 15.2. The van der Waals surface area contributed by atoms with Crippen LogP contribution in [0.1, 0.15) is 28.4 Å². The van der Waals surface area contributed by atoms with Gasteiger partial charge in [0.25, 0.3) is 0 Å². The van der Waals surface area contributed by atoms with E-state index in [1.165, 1.54) is 5.56 Å². The number of hydrogen-bond donors (Lipinski definition) is 0. The predicted molar refractivity (Wildman–Crippen MR) is 83.4 cm³/mol. The quantitative estimate of drug-likeness (QED) is 0.759. The van der Waals surface area contributed by atoms with Crippen molar-refractivity contribution in [2.75, 3.05) is 14.2 Å². The van der Waals surface area contributed by atoms with E-state index >= 15 is 0 Å². The van der Waals surface area contributed by atoms with Gasteiger partial charge < -0.3 is 9.47 Å². The lowest BCUT2D eigenvalue weighted by molar-refractivity contribution is 0.0993. The van der Waals surface area contributed by atoms with E-state index in [2.05, 4.69) is 6.92 Å². The molecule has 0 heterocycles. The van der Waals surface area contributed by atoms with Crippen LogP contribution in [0.5, 0.6) is 11.5 Å². The molecule has 0 N–H and O–H groups in total. The van der Waals surface area contributed by atoms with Crippen LogP contribution in [0.15, 0.2) is 42.5 Å². The molecule has 21 heavy (non-hydrogen) atoms. The molecule has 0 amide bonds. The third-order valence-corrected chi connectivity index (χ3v) is 3.50. The zero-order valence-electron chi connectivity index (χ0n) is 12.7. The first kappa shape index (κ1) is 15.1. The Hall–Kier alpha value is -2.29. The molecule has 0 fully saturated rings. The van der Waals surface area contributed by atoms with Gasteiger partial charge in [-0.2, -0.15) is 0 Å². The SMILES string of the molecule is CCc1ccc(C(=O)Cc2ccc(OC)c(OC)c2)cc1. The molecule has 2 aromatic carbocycles. The molecule has 0 saturated heterocycles. The highest BCUT2D eigenvalue weighted by Gasteiger charge is 2.10. The maximum Gasteiger partial charge on any atom is 0.167 e. The molecule has 3 nitrogen and oxygen atoms in total.